The van der Waals surface area contributed by atoms with Gasteiger partial charge in [-0.15, -0.1) is 4.68 Å². The number of rotatable bonds is 2. The standard InChI is InChI=1S/C3H7N5.C2HN5O4/c1-7-3(4)8(2)6-5-7;8-1(9)2(7(10)11)3-5-6-4-2/h4H,1-2H3;(H,8,9). The smallest absolute Gasteiger partial charge is 0.489 e. The third-order valence-electron chi connectivity index (χ3n) is 1.91. The summed E-state index contributed by atoms with van der Waals surface area (Å²) in [5, 5.41) is 38.2. The minimum absolute atomic E-state index is 0.546. The number of hydrogen-bond donors (Lipinski definition) is 1. The van der Waals surface area contributed by atoms with Crippen molar-refractivity contribution in [2.24, 2.45) is 34.8 Å². The number of carbonyl (C=O) groups is 1. The molecule has 0 unspecified atom stereocenters. The molecule has 0 saturated heterocycles. The number of nitrogens with zero attached hydrogens (tertiary/aromatic N) is 9. The van der Waals surface area contributed by atoms with Gasteiger partial charge < -0.3 is 15.6 Å². The summed E-state index contributed by atoms with van der Waals surface area (Å²) in [6, 6.07) is 0. The van der Waals surface area contributed by atoms with Crippen molar-refractivity contribution in [3.05, 3.63) is 10.1 Å². The van der Waals surface area contributed by atoms with Crippen LogP contribution in [0.1, 0.15) is 0 Å². The molecular weight excluding hydrogens is 264 g/mol. The molecule has 2 N–H and O–H groups in total. The summed E-state index contributed by atoms with van der Waals surface area (Å²) in [4.78, 5) is 18.9. The molecule has 2 heterocycles. The number of tetrazole rings is 1. The largest absolute Gasteiger partial charge is 0.540 e. The summed E-state index contributed by atoms with van der Waals surface area (Å²) in [5.41, 5.74) is 5.40. The van der Waals surface area contributed by atoms with Crippen LogP contribution in [0.25, 0.3) is 0 Å². The van der Waals surface area contributed by atoms with Crippen LogP contribution in [0.15, 0.2) is 20.7 Å². The second-order valence-electron chi connectivity index (χ2n) is 3.14. The van der Waals surface area contributed by atoms with Gasteiger partial charge in [0.2, 0.25) is 0 Å². The molecule has 1 aromatic heterocycles. The Morgan fingerprint density at radius 3 is 2.16 bits per heavy atom. The van der Waals surface area contributed by atoms with Crippen molar-refractivity contribution in [3.8, 4) is 0 Å². The van der Waals surface area contributed by atoms with E-state index in [1.165, 1.54) is 9.36 Å². The normalized spacial score (nSPS) is 14.8. The van der Waals surface area contributed by atoms with Gasteiger partial charge in [0, 0.05) is 0 Å². The fourth-order valence-electron chi connectivity index (χ4n) is 0.835. The topological polar surface area (TPSA) is 193 Å². The average molecular weight is 272 g/mol. The molecule has 0 atom stereocenters. The molecule has 0 amide bonds. The lowest BCUT2D eigenvalue weighted by atomic mass is 10.4. The Morgan fingerprint density at radius 2 is 2.00 bits per heavy atom. The van der Waals surface area contributed by atoms with Gasteiger partial charge >= 0.3 is 11.7 Å². The van der Waals surface area contributed by atoms with Crippen LogP contribution >= 0.6 is 0 Å². The maximum absolute atomic E-state index is 10.1. The van der Waals surface area contributed by atoms with Gasteiger partial charge in [0.05, 0.1) is 24.2 Å². The zero-order valence-electron chi connectivity index (χ0n) is 9.74. The molecule has 0 saturated carbocycles. The van der Waals surface area contributed by atoms with E-state index < -0.39 is 16.7 Å². The van der Waals surface area contributed by atoms with Gasteiger partial charge in [-0.05, 0) is 10.4 Å². The lowest BCUT2D eigenvalue weighted by Crippen LogP contribution is -2.50. The van der Waals surface area contributed by atoms with Crippen molar-refractivity contribution >= 4 is 11.9 Å². The highest BCUT2D eigenvalue weighted by molar-refractivity contribution is 5.74. The summed E-state index contributed by atoms with van der Waals surface area (Å²) >= 11 is 0. The average Bonchev–Trinajstić information content (AvgIpc) is 2.94. The summed E-state index contributed by atoms with van der Waals surface area (Å²) in [6.45, 7) is 0. The minimum atomic E-state index is -2.86. The zero-order chi connectivity index (χ0) is 14.6. The van der Waals surface area contributed by atoms with Crippen molar-refractivity contribution < 1.29 is 19.5 Å². The van der Waals surface area contributed by atoms with Gasteiger partial charge in [-0.1, -0.05) is 14.9 Å². The van der Waals surface area contributed by atoms with Crippen molar-refractivity contribution in [3.63, 3.8) is 0 Å². The van der Waals surface area contributed by atoms with E-state index in [1.54, 1.807) is 14.1 Å². The number of carboxylic acids is 1. The van der Waals surface area contributed by atoms with Crippen LogP contribution in [0.2, 0.25) is 0 Å². The first-order valence-corrected chi connectivity index (χ1v) is 4.52. The van der Waals surface area contributed by atoms with E-state index >= 15 is 0 Å². The van der Waals surface area contributed by atoms with Crippen LogP contribution in [0.4, 0.5) is 5.95 Å². The number of nitrogens with two attached hydrogens (primary N) is 1. The van der Waals surface area contributed by atoms with E-state index in [2.05, 4.69) is 31.1 Å². The van der Waals surface area contributed by atoms with E-state index in [0.29, 0.717) is 5.95 Å². The van der Waals surface area contributed by atoms with Crippen molar-refractivity contribution in [1.29, 1.82) is 0 Å². The van der Waals surface area contributed by atoms with E-state index in [0.717, 1.165) is 0 Å². The quantitative estimate of drug-likeness (QED) is 0.331. The van der Waals surface area contributed by atoms with E-state index in [9.17, 15) is 20.0 Å². The Kier molecular flexibility index (Phi) is 3.73. The molecule has 0 bridgehead atoms. The third-order valence-corrected chi connectivity index (χ3v) is 1.91. The number of carboxylic acid groups (broad SMARTS) is 1. The maximum atomic E-state index is 10.1. The number of aryl methyl sites for hydroxylation is 2. The summed E-state index contributed by atoms with van der Waals surface area (Å²) in [6.07, 6.45) is 0. The molecule has 1 aliphatic rings. The second kappa shape index (κ2) is 5.07. The molecule has 102 valence electrons. The van der Waals surface area contributed by atoms with Crippen molar-refractivity contribution in [2.75, 3.05) is 5.73 Å². The van der Waals surface area contributed by atoms with E-state index in [-0.39, 0.29) is 0 Å². The molecule has 0 aromatic carbocycles. The van der Waals surface area contributed by atoms with Crippen LogP contribution in [0, 0.1) is 10.1 Å². The lowest BCUT2D eigenvalue weighted by molar-refractivity contribution is -0.718. The molecule has 0 radical (unpaired) electrons. The first kappa shape index (κ1) is 14.0. The number of anilines is 1. The molecule has 0 spiro atoms. The van der Waals surface area contributed by atoms with Crippen molar-refractivity contribution in [1.82, 2.24) is 15.1 Å². The SMILES string of the molecule is Cn1nn[n+](C)c1N.O=C([O-])C1([N+](=O)[O-])N=NN=N1. The van der Waals surface area contributed by atoms with Gasteiger partial charge in [-0.25, -0.2) is 0 Å². The fraction of sp³-hybridized carbons (Fsp3) is 0.600. The maximum Gasteiger partial charge on any atom is 0.489 e. The van der Waals surface area contributed by atoms with Gasteiger partial charge in [-0.2, -0.15) is 0 Å². The molecule has 1 aromatic rings. The lowest BCUT2D eigenvalue weighted by Gasteiger charge is -2.09. The molecule has 0 fully saturated rings. The highest BCUT2D eigenvalue weighted by Gasteiger charge is 2.49. The van der Waals surface area contributed by atoms with Gasteiger partial charge in [0.25, 0.3) is 0 Å². The van der Waals surface area contributed by atoms with Gasteiger partial charge in [-0.3, -0.25) is 10.1 Å². The van der Waals surface area contributed by atoms with Crippen LogP contribution < -0.4 is 15.5 Å². The Bertz CT molecular complexity index is 513. The Morgan fingerprint density at radius 1 is 1.47 bits per heavy atom. The van der Waals surface area contributed by atoms with E-state index in [4.69, 9.17) is 5.73 Å². The molecule has 2 rings (SSSR count). The molecule has 0 aliphatic carbocycles. The number of carbonyl (C=O) groups excluding carboxylic acids is 1. The summed E-state index contributed by atoms with van der Waals surface area (Å²) in [7, 11) is 3.48. The first-order chi connectivity index (χ1) is 8.81. The Hall–Kier alpha value is -3.06. The summed E-state index contributed by atoms with van der Waals surface area (Å²) < 4.78 is 3.00. The second-order valence-corrected chi connectivity index (χ2v) is 3.14. The highest BCUT2D eigenvalue weighted by Crippen LogP contribution is 2.19. The van der Waals surface area contributed by atoms with Gasteiger partial charge in [0.15, 0.2) is 5.97 Å². The number of nitrogen functional groups attached to an aromatic ring is 1. The third kappa shape index (κ3) is 2.61. The molecule has 19 heavy (non-hydrogen) atoms. The first-order valence-electron chi connectivity index (χ1n) is 4.52. The number of nitro groups is 1. The van der Waals surface area contributed by atoms with E-state index in [1.807, 2.05) is 0 Å². The molecule has 1 aliphatic heterocycles. The van der Waals surface area contributed by atoms with Crippen molar-refractivity contribution in [2.45, 2.75) is 5.79 Å². The summed E-state index contributed by atoms with van der Waals surface area (Å²) in [5.74, 6) is -4.38. The van der Waals surface area contributed by atoms with Crippen LogP contribution in [0.3, 0.4) is 0 Å². The fourth-order valence-corrected chi connectivity index (χ4v) is 0.835. The molecule has 14 nitrogen and oxygen atoms in total. The number of aliphatic carboxylic acids is 1. The van der Waals surface area contributed by atoms with Crippen LogP contribution in [0.5, 0.6) is 0 Å². The highest BCUT2D eigenvalue weighted by atomic mass is 16.6. The number of hydrogen-bond acceptors (Lipinski definition) is 11. The van der Waals surface area contributed by atoms with Crippen LogP contribution in [-0.2, 0) is 18.9 Å². The predicted molar refractivity (Wildman–Crippen MR) is 51.0 cm³/mol. The minimum Gasteiger partial charge on any atom is -0.540 e. The Labute approximate surface area is 104 Å². The number of aromatic nitrogens is 4. The molecular formula is C5H8N10O4. The monoisotopic (exact) mass is 272 g/mol. The zero-order valence-corrected chi connectivity index (χ0v) is 9.74. The molecule has 14 heteroatoms. The van der Waals surface area contributed by atoms with Crippen LogP contribution in [-0.4, -0.2) is 31.8 Å². The van der Waals surface area contributed by atoms with Gasteiger partial charge in [0.1, 0.15) is 5.21 Å². The Balaban J connectivity index is 0.000000200. The predicted octanol–water partition coefficient (Wildman–Crippen LogP) is -3.28.